The van der Waals surface area contributed by atoms with E-state index in [1.807, 2.05) is 38.1 Å². The molecule has 2 aromatic heterocycles. The lowest BCUT2D eigenvalue weighted by atomic mass is 9.77. The Bertz CT molecular complexity index is 1630. The normalized spacial score (nSPS) is 21.6. The second-order valence-electron chi connectivity index (χ2n) is 11.7. The molecule has 4 aliphatic rings. The molecule has 4 heterocycles. The number of rotatable bonds is 9. The Labute approximate surface area is 258 Å². The first-order valence-electron chi connectivity index (χ1n) is 14.4. The first kappa shape index (κ1) is 28.0. The highest BCUT2D eigenvalue weighted by Crippen LogP contribution is 2.48. The average molecular weight is 628 g/mol. The zero-order valence-corrected chi connectivity index (χ0v) is 26.0. The van der Waals surface area contributed by atoms with Gasteiger partial charge in [-0.2, -0.15) is 0 Å². The van der Waals surface area contributed by atoms with Gasteiger partial charge in [-0.3, -0.25) is 0 Å². The third-order valence-corrected chi connectivity index (χ3v) is 10.1. The number of hydrogen-bond acceptors (Lipinski definition) is 9. The number of hydrogen-bond donors (Lipinski definition) is 1. The summed E-state index contributed by atoms with van der Waals surface area (Å²) in [4.78, 5) is 19.8. The standard InChI is InChI=1S/C31H32Cl2N4O4S/c1-15(2)40-24-9-17(30(38)39-3)10-25-28(24)35-31(42-25)37-19-11-18(12-20(37)13-19)34-14-21-27(36-41-29(21)16-7-8-16)26-22(32)5-4-6-23(26)33/h4-6,9-10,15-16,18-20,34H,7-8,11-14H2,1-3H3. The molecule has 0 spiro atoms. The average Bonchev–Trinajstić information content (AvgIpc) is 3.59. The fraction of sp³-hybridized carbons (Fsp3) is 0.452. The summed E-state index contributed by atoms with van der Waals surface area (Å²) in [6.45, 7) is 4.59. The minimum absolute atomic E-state index is 0.0400. The fourth-order valence-electron chi connectivity index (χ4n) is 6.36. The number of ether oxygens (including phenoxy) is 2. The molecule has 2 unspecified atom stereocenters. The van der Waals surface area contributed by atoms with E-state index in [-0.39, 0.29) is 12.1 Å². The Hall–Kier alpha value is -2.85. The number of piperidine rings is 1. The van der Waals surface area contributed by atoms with E-state index in [4.69, 9.17) is 42.2 Å². The van der Waals surface area contributed by atoms with Crippen molar-refractivity contribution in [2.24, 2.45) is 0 Å². The summed E-state index contributed by atoms with van der Waals surface area (Å²) in [5.41, 5.74) is 3.80. The van der Waals surface area contributed by atoms with Crippen molar-refractivity contribution in [3.8, 4) is 17.0 Å². The number of carbonyl (C=O) groups excluding carboxylic acids is 1. The quantitative estimate of drug-likeness (QED) is 0.190. The van der Waals surface area contributed by atoms with Crippen molar-refractivity contribution in [3.63, 3.8) is 0 Å². The Morgan fingerprint density at radius 2 is 1.90 bits per heavy atom. The molecular weight excluding hydrogens is 595 g/mol. The molecule has 2 aliphatic carbocycles. The Morgan fingerprint density at radius 3 is 2.57 bits per heavy atom. The molecule has 4 fully saturated rings. The van der Waals surface area contributed by atoms with Gasteiger partial charge in [0.2, 0.25) is 0 Å². The smallest absolute Gasteiger partial charge is 0.338 e. The van der Waals surface area contributed by atoms with Gasteiger partial charge in [0.25, 0.3) is 0 Å². The summed E-state index contributed by atoms with van der Waals surface area (Å²) < 4.78 is 17.8. The summed E-state index contributed by atoms with van der Waals surface area (Å²) >= 11 is 14.7. The Balaban J connectivity index is 1.09. The van der Waals surface area contributed by atoms with Crippen LogP contribution in [0, 0.1) is 0 Å². The molecule has 2 saturated heterocycles. The van der Waals surface area contributed by atoms with Crippen LogP contribution >= 0.6 is 34.5 Å². The highest BCUT2D eigenvalue weighted by atomic mass is 35.5. The van der Waals surface area contributed by atoms with Gasteiger partial charge in [0, 0.05) is 41.7 Å². The van der Waals surface area contributed by atoms with Crippen LogP contribution in [0.15, 0.2) is 34.9 Å². The fourth-order valence-corrected chi connectivity index (χ4v) is 8.10. The van der Waals surface area contributed by atoms with Crippen molar-refractivity contribution >= 4 is 55.9 Å². The molecule has 2 atom stereocenters. The molecule has 2 aliphatic heterocycles. The minimum Gasteiger partial charge on any atom is -0.489 e. The maximum atomic E-state index is 12.3. The number of aromatic nitrogens is 2. The largest absolute Gasteiger partial charge is 0.489 e. The van der Waals surface area contributed by atoms with Crippen LogP contribution in [0.1, 0.15) is 73.6 Å². The highest BCUT2D eigenvalue weighted by Gasteiger charge is 2.47. The van der Waals surface area contributed by atoms with E-state index in [1.165, 1.54) is 7.11 Å². The van der Waals surface area contributed by atoms with E-state index < -0.39 is 0 Å². The molecule has 0 radical (unpaired) electrons. The van der Waals surface area contributed by atoms with E-state index >= 15 is 0 Å². The van der Waals surface area contributed by atoms with Gasteiger partial charge < -0.3 is 24.2 Å². The number of nitrogens with zero attached hydrogens (tertiary/aromatic N) is 3. The van der Waals surface area contributed by atoms with Crippen molar-refractivity contribution in [2.45, 2.75) is 82.6 Å². The van der Waals surface area contributed by atoms with Crippen molar-refractivity contribution in [1.29, 1.82) is 0 Å². The lowest BCUT2D eigenvalue weighted by molar-refractivity contribution is 0.0600. The van der Waals surface area contributed by atoms with E-state index in [0.717, 1.165) is 70.0 Å². The number of nitrogens with one attached hydrogen (secondary N) is 1. The summed E-state index contributed by atoms with van der Waals surface area (Å²) in [5.74, 6) is 1.61. The van der Waals surface area contributed by atoms with Crippen LogP contribution in [-0.2, 0) is 11.3 Å². The SMILES string of the molecule is COC(=O)c1cc(OC(C)C)c2nc(N3C4CC(NCc5c(-c6c(Cl)cccc6Cl)noc5C5CC5)CC3C4)sc2c1. The summed E-state index contributed by atoms with van der Waals surface area (Å²) in [6, 6.07) is 10.3. The third-order valence-electron chi connectivity index (χ3n) is 8.43. The predicted octanol–water partition coefficient (Wildman–Crippen LogP) is 7.61. The Kier molecular flexibility index (Phi) is 7.33. The maximum absolute atomic E-state index is 12.3. The molecule has 2 aromatic carbocycles. The van der Waals surface area contributed by atoms with E-state index in [2.05, 4.69) is 15.4 Å². The summed E-state index contributed by atoms with van der Waals surface area (Å²) in [5, 5.41) is 10.4. The van der Waals surface area contributed by atoms with Gasteiger partial charge in [-0.25, -0.2) is 9.78 Å². The van der Waals surface area contributed by atoms with E-state index in [9.17, 15) is 4.79 Å². The minimum atomic E-state index is -0.382. The van der Waals surface area contributed by atoms with Crippen molar-refractivity contribution in [2.75, 3.05) is 12.0 Å². The molecule has 8 nitrogen and oxygen atoms in total. The van der Waals surface area contributed by atoms with Crippen LogP contribution in [0.2, 0.25) is 10.0 Å². The second-order valence-corrected chi connectivity index (χ2v) is 13.5. The molecular formula is C31H32Cl2N4O4S. The number of thiazole rings is 1. The molecule has 2 bridgehead atoms. The summed E-state index contributed by atoms with van der Waals surface area (Å²) in [6.07, 6.45) is 5.38. The van der Waals surface area contributed by atoms with Crippen LogP contribution < -0.4 is 15.0 Å². The molecule has 42 heavy (non-hydrogen) atoms. The van der Waals surface area contributed by atoms with Gasteiger partial charge >= 0.3 is 5.97 Å². The van der Waals surface area contributed by atoms with E-state index in [0.29, 0.717) is 51.9 Å². The lowest BCUT2D eigenvalue weighted by Crippen LogP contribution is -2.64. The zero-order chi connectivity index (χ0) is 29.1. The topological polar surface area (TPSA) is 89.7 Å². The number of esters is 1. The molecule has 11 heteroatoms. The summed E-state index contributed by atoms with van der Waals surface area (Å²) in [7, 11) is 1.39. The van der Waals surface area contributed by atoms with Crippen LogP contribution in [0.5, 0.6) is 5.75 Å². The van der Waals surface area contributed by atoms with Gasteiger partial charge in [-0.15, -0.1) is 0 Å². The van der Waals surface area contributed by atoms with Gasteiger partial charge in [0.1, 0.15) is 22.7 Å². The maximum Gasteiger partial charge on any atom is 0.338 e. The van der Waals surface area contributed by atoms with Crippen molar-refractivity contribution in [1.82, 2.24) is 15.5 Å². The molecule has 1 N–H and O–H groups in total. The van der Waals surface area contributed by atoms with Gasteiger partial charge in [0.15, 0.2) is 5.13 Å². The zero-order valence-electron chi connectivity index (χ0n) is 23.7. The molecule has 0 amide bonds. The van der Waals surface area contributed by atoms with E-state index in [1.54, 1.807) is 17.4 Å². The number of methoxy groups -OCH3 is 1. The molecule has 2 saturated carbocycles. The molecule has 8 rings (SSSR count). The second kappa shape index (κ2) is 11.0. The Morgan fingerprint density at radius 1 is 1.17 bits per heavy atom. The van der Waals surface area contributed by atoms with Crippen LogP contribution in [0.4, 0.5) is 5.13 Å². The van der Waals surface area contributed by atoms with Crippen LogP contribution in [0.3, 0.4) is 0 Å². The first-order chi connectivity index (χ1) is 20.3. The number of carbonyl (C=O) groups is 1. The van der Waals surface area contributed by atoms with Gasteiger partial charge in [-0.05, 0) is 70.2 Å². The predicted molar refractivity (Wildman–Crippen MR) is 165 cm³/mol. The van der Waals surface area contributed by atoms with Crippen molar-refractivity contribution < 1.29 is 18.8 Å². The van der Waals surface area contributed by atoms with Gasteiger partial charge in [0.05, 0.1) is 33.5 Å². The third kappa shape index (κ3) is 5.04. The molecule has 4 aromatic rings. The number of anilines is 1. The number of halogens is 2. The highest BCUT2D eigenvalue weighted by molar-refractivity contribution is 7.22. The molecule has 220 valence electrons. The van der Waals surface area contributed by atoms with Crippen LogP contribution in [-0.4, -0.2) is 47.4 Å². The number of fused-ring (bicyclic) bond motifs is 3. The van der Waals surface area contributed by atoms with Crippen LogP contribution in [0.25, 0.3) is 21.5 Å². The number of benzene rings is 2. The monoisotopic (exact) mass is 626 g/mol. The lowest BCUT2D eigenvalue weighted by Gasteiger charge is -2.55. The first-order valence-corrected chi connectivity index (χ1v) is 16.0. The van der Waals surface area contributed by atoms with Gasteiger partial charge in [-0.1, -0.05) is 45.8 Å². The van der Waals surface area contributed by atoms with Crippen molar-refractivity contribution in [3.05, 3.63) is 57.3 Å².